The Hall–Kier alpha value is -3.72. The Morgan fingerprint density at radius 2 is 1.81 bits per heavy atom. The number of nitrogens with one attached hydrogen (secondary N) is 1. The average molecular weight is 357 g/mol. The van der Waals surface area contributed by atoms with Crippen LogP contribution in [0.3, 0.4) is 0 Å². The lowest BCUT2D eigenvalue weighted by molar-refractivity contribution is 0.0779. The van der Waals surface area contributed by atoms with E-state index in [1.807, 2.05) is 36.4 Å². The first-order valence-corrected chi connectivity index (χ1v) is 8.48. The molecule has 0 saturated carbocycles. The highest BCUT2D eigenvalue weighted by molar-refractivity contribution is 5.92. The summed E-state index contributed by atoms with van der Waals surface area (Å²) < 4.78 is 0. The number of carbonyl (C=O) groups is 1. The van der Waals surface area contributed by atoms with Crippen LogP contribution < -0.4 is 5.32 Å². The van der Waals surface area contributed by atoms with Crippen LogP contribution in [0.25, 0.3) is 0 Å². The number of anilines is 2. The van der Waals surface area contributed by atoms with Gasteiger partial charge in [-0.2, -0.15) is 5.26 Å². The molecule has 0 unspecified atom stereocenters. The zero-order valence-corrected chi connectivity index (χ0v) is 15.2. The van der Waals surface area contributed by atoms with Crippen molar-refractivity contribution in [2.45, 2.75) is 13.5 Å². The second-order valence-electron chi connectivity index (χ2n) is 6.15. The number of aromatic nitrogens is 2. The molecule has 0 fully saturated rings. The average Bonchev–Trinajstić information content (AvgIpc) is 2.68. The first-order valence-electron chi connectivity index (χ1n) is 8.48. The molecule has 0 aliphatic heterocycles. The molecule has 1 heterocycles. The maximum absolute atomic E-state index is 12.8. The van der Waals surface area contributed by atoms with E-state index >= 15 is 0 Å². The lowest BCUT2D eigenvalue weighted by Crippen LogP contribution is -2.27. The van der Waals surface area contributed by atoms with E-state index in [9.17, 15) is 10.1 Å². The molecule has 3 aromatic rings. The SMILES string of the molecule is Cc1cc(C(=O)N(C)Cc2ccccc2)nc(Nc2ccccc2C#N)n1. The van der Waals surface area contributed by atoms with Crippen molar-refractivity contribution in [3.8, 4) is 6.07 Å². The van der Waals surface area contributed by atoms with Crippen molar-refractivity contribution in [2.24, 2.45) is 0 Å². The monoisotopic (exact) mass is 357 g/mol. The van der Waals surface area contributed by atoms with Gasteiger partial charge in [-0.1, -0.05) is 42.5 Å². The van der Waals surface area contributed by atoms with E-state index in [0.29, 0.717) is 29.2 Å². The number of rotatable bonds is 5. The van der Waals surface area contributed by atoms with E-state index in [4.69, 9.17) is 0 Å². The zero-order chi connectivity index (χ0) is 19.2. The molecule has 1 amide bonds. The molecule has 0 aliphatic rings. The molecule has 0 spiro atoms. The maximum Gasteiger partial charge on any atom is 0.272 e. The van der Waals surface area contributed by atoms with Crippen molar-refractivity contribution < 1.29 is 4.79 Å². The Morgan fingerprint density at radius 1 is 1.11 bits per heavy atom. The van der Waals surface area contributed by atoms with Gasteiger partial charge in [-0.25, -0.2) is 9.97 Å². The fraction of sp³-hybridized carbons (Fsp3) is 0.143. The second-order valence-corrected chi connectivity index (χ2v) is 6.15. The van der Waals surface area contributed by atoms with E-state index in [2.05, 4.69) is 21.4 Å². The quantitative estimate of drug-likeness (QED) is 0.753. The minimum absolute atomic E-state index is 0.194. The molecule has 0 atom stereocenters. The smallest absolute Gasteiger partial charge is 0.272 e. The molecule has 3 rings (SSSR count). The van der Waals surface area contributed by atoms with E-state index in [1.165, 1.54) is 0 Å². The molecule has 2 aromatic carbocycles. The number of hydrogen-bond acceptors (Lipinski definition) is 5. The normalized spacial score (nSPS) is 10.1. The highest BCUT2D eigenvalue weighted by Gasteiger charge is 2.16. The molecule has 6 heteroatoms. The van der Waals surface area contributed by atoms with E-state index in [1.54, 1.807) is 43.1 Å². The number of amides is 1. The molecule has 1 aromatic heterocycles. The largest absolute Gasteiger partial charge is 0.336 e. The molecule has 134 valence electrons. The number of nitrogens with zero attached hydrogens (tertiary/aromatic N) is 4. The van der Waals surface area contributed by atoms with Gasteiger partial charge < -0.3 is 10.2 Å². The van der Waals surface area contributed by atoms with Crippen molar-refractivity contribution in [2.75, 3.05) is 12.4 Å². The Bertz CT molecular complexity index is 995. The zero-order valence-electron chi connectivity index (χ0n) is 15.2. The van der Waals surface area contributed by atoms with Crippen LogP contribution in [-0.4, -0.2) is 27.8 Å². The summed E-state index contributed by atoms with van der Waals surface area (Å²) in [6.07, 6.45) is 0. The van der Waals surface area contributed by atoms with Crippen LogP contribution in [0.1, 0.15) is 27.3 Å². The van der Waals surface area contributed by atoms with Gasteiger partial charge >= 0.3 is 0 Å². The second kappa shape index (κ2) is 8.11. The third-order valence-electron chi connectivity index (χ3n) is 3.98. The standard InChI is InChI=1S/C21H19N5O/c1-15-12-19(20(27)26(2)14-16-8-4-3-5-9-16)25-21(23-15)24-18-11-7-6-10-17(18)13-22/h3-12H,14H2,1-2H3,(H,23,24,25). The maximum atomic E-state index is 12.8. The first-order chi connectivity index (χ1) is 13.1. The predicted octanol–water partition coefficient (Wildman–Crippen LogP) is 3.67. The molecule has 0 aliphatic carbocycles. The van der Waals surface area contributed by atoms with E-state index in [0.717, 1.165) is 5.56 Å². The van der Waals surface area contributed by atoms with Crippen LogP contribution in [0.5, 0.6) is 0 Å². The summed E-state index contributed by atoms with van der Waals surface area (Å²) >= 11 is 0. The van der Waals surface area contributed by atoms with Gasteiger partial charge in [0, 0.05) is 19.3 Å². The van der Waals surface area contributed by atoms with Gasteiger partial charge in [-0.15, -0.1) is 0 Å². The van der Waals surface area contributed by atoms with Crippen molar-refractivity contribution >= 4 is 17.5 Å². The first kappa shape index (κ1) is 18.1. The Morgan fingerprint density at radius 3 is 2.56 bits per heavy atom. The Balaban J connectivity index is 1.82. The van der Waals surface area contributed by atoms with Gasteiger partial charge in [0.15, 0.2) is 0 Å². The van der Waals surface area contributed by atoms with Crippen molar-refractivity contribution in [1.82, 2.24) is 14.9 Å². The number of aryl methyl sites for hydroxylation is 1. The van der Waals surface area contributed by atoms with Gasteiger partial charge in [0.2, 0.25) is 5.95 Å². The molecule has 0 radical (unpaired) electrons. The molecule has 27 heavy (non-hydrogen) atoms. The van der Waals surface area contributed by atoms with Gasteiger partial charge in [-0.3, -0.25) is 4.79 Å². The molecule has 0 saturated heterocycles. The molecular weight excluding hydrogens is 338 g/mol. The number of carbonyl (C=O) groups excluding carboxylic acids is 1. The van der Waals surface area contributed by atoms with Gasteiger partial charge in [-0.05, 0) is 30.7 Å². The third-order valence-corrected chi connectivity index (χ3v) is 3.98. The summed E-state index contributed by atoms with van der Waals surface area (Å²) in [7, 11) is 1.74. The topological polar surface area (TPSA) is 81.9 Å². The van der Waals surface area contributed by atoms with Crippen molar-refractivity contribution in [1.29, 1.82) is 5.26 Å². The summed E-state index contributed by atoms with van der Waals surface area (Å²) in [6.45, 7) is 2.29. The van der Waals surface area contributed by atoms with Crippen molar-refractivity contribution in [3.05, 3.63) is 83.2 Å². The van der Waals surface area contributed by atoms with Crippen molar-refractivity contribution in [3.63, 3.8) is 0 Å². The van der Waals surface area contributed by atoms with Gasteiger partial charge in [0.25, 0.3) is 5.91 Å². The molecular formula is C21H19N5O. The summed E-state index contributed by atoms with van der Waals surface area (Å²) in [5.41, 5.74) is 3.09. The van der Waals surface area contributed by atoms with Crippen LogP contribution in [0.2, 0.25) is 0 Å². The van der Waals surface area contributed by atoms with E-state index in [-0.39, 0.29) is 11.9 Å². The van der Waals surface area contributed by atoms with Crippen LogP contribution in [-0.2, 0) is 6.54 Å². The molecule has 0 bridgehead atoms. The lowest BCUT2D eigenvalue weighted by Gasteiger charge is -2.17. The van der Waals surface area contributed by atoms with Crippen LogP contribution in [0.15, 0.2) is 60.7 Å². The third kappa shape index (κ3) is 4.47. The van der Waals surface area contributed by atoms with Crippen LogP contribution in [0.4, 0.5) is 11.6 Å². The number of hydrogen-bond donors (Lipinski definition) is 1. The van der Waals surface area contributed by atoms with E-state index < -0.39 is 0 Å². The lowest BCUT2D eigenvalue weighted by atomic mass is 10.2. The van der Waals surface area contributed by atoms with Gasteiger partial charge in [0.1, 0.15) is 11.8 Å². The minimum Gasteiger partial charge on any atom is -0.336 e. The molecule has 1 N–H and O–H groups in total. The number of para-hydroxylation sites is 1. The summed E-state index contributed by atoms with van der Waals surface area (Å²) in [5.74, 6) is 0.0927. The highest BCUT2D eigenvalue weighted by atomic mass is 16.2. The summed E-state index contributed by atoms with van der Waals surface area (Å²) in [4.78, 5) is 23.1. The molecule has 6 nitrogen and oxygen atoms in total. The summed E-state index contributed by atoms with van der Waals surface area (Å²) in [6, 6.07) is 20.6. The minimum atomic E-state index is -0.194. The van der Waals surface area contributed by atoms with Crippen LogP contribution >= 0.6 is 0 Å². The Labute approximate surface area is 158 Å². The van der Waals surface area contributed by atoms with Gasteiger partial charge in [0.05, 0.1) is 11.3 Å². The fourth-order valence-corrected chi connectivity index (χ4v) is 2.67. The Kier molecular flexibility index (Phi) is 5.43. The number of nitriles is 1. The predicted molar refractivity (Wildman–Crippen MR) is 103 cm³/mol. The fourth-order valence-electron chi connectivity index (χ4n) is 2.67. The number of benzene rings is 2. The highest BCUT2D eigenvalue weighted by Crippen LogP contribution is 2.18. The summed E-state index contributed by atoms with van der Waals surface area (Å²) in [5, 5.41) is 12.2. The van der Waals surface area contributed by atoms with Crippen LogP contribution in [0, 0.1) is 18.3 Å².